The first-order valence-electron chi connectivity index (χ1n) is 6.22. The smallest absolute Gasteiger partial charge is 0.263 e. The van der Waals surface area contributed by atoms with E-state index < -0.39 is 0 Å². The zero-order chi connectivity index (χ0) is 14.6. The summed E-state index contributed by atoms with van der Waals surface area (Å²) < 4.78 is 0. The number of nitrogens with one attached hydrogen (secondary N) is 2. The van der Waals surface area contributed by atoms with Gasteiger partial charge in [-0.15, -0.1) is 11.3 Å². The van der Waals surface area contributed by atoms with Gasteiger partial charge in [-0.1, -0.05) is 20.8 Å². The summed E-state index contributed by atoms with van der Waals surface area (Å²) in [5, 5.41) is 6.36. The highest BCUT2D eigenvalue weighted by Gasteiger charge is 2.22. The molecule has 2 N–H and O–H groups in total. The molecule has 0 aliphatic carbocycles. The lowest BCUT2D eigenvalue weighted by molar-refractivity contribution is -0.118. The monoisotopic (exact) mass is 283 g/mol. The third kappa shape index (κ3) is 4.63. The second kappa shape index (κ2) is 6.14. The normalized spacial score (nSPS) is 11.2. The van der Waals surface area contributed by atoms with Gasteiger partial charge in [-0.2, -0.15) is 0 Å². The van der Waals surface area contributed by atoms with Gasteiger partial charge in [0, 0.05) is 25.4 Å². The molecule has 0 aliphatic heterocycles. The molecule has 1 aromatic heterocycles. The van der Waals surface area contributed by atoms with Crippen LogP contribution in [0.2, 0.25) is 0 Å². The second-order valence-corrected chi connectivity index (χ2v) is 6.42. The molecule has 0 spiro atoms. The van der Waals surface area contributed by atoms with Crippen LogP contribution in [0.3, 0.4) is 0 Å². The lowest BCUT2D eigenvalue weighted by atomic mass is 9.98. The van der Waals surface area contributed by atoms with Gasteiger partial charge in [0.2, 0.25) is 5.91 Å². The molecule has 1 aromatic rings. The number of hydrogen-bond donors (Lipinski definition) is 2. The lowest BCUT2D eigenvalue weighted by Crippen LogP contribution is -2.33. The number of carbonyl (C=O) groups excluding carboxylic acids is 2. The van der Waals surface area contributed by atoms with Crippen molar-refractivity contribution in [1.82, 2.24) is 15.6 Å². The van der Waals surface area contributed by atoms with Crippen LogP contribution in [0.5, 0.6) is 0 Å². The fourth-order valence-electron chi connectivity index (χ4n) is 1.42. The minimum atomic E-state index is -0.129. The van der Waals surface area contributed by atoms with Crippen molar-refractivity contribution in [2.75, 3.05) is 13.1 Å². The zero-order valence-electron chi connectivity index (χ0n) is 12.1. The molecule has 19 heavy (non-hydrogen) atoms. The number of rotatable bonds is 4. The van der Waals surface area contributed by atoms with Gasteiger partial charge in [-0.25, -0.2) is 4.98 Å². The van der Waals surface area contributed by atoms with E-state index in [9.17, 15) is 9.59 Å². The Balaban J connectivity index is 2.62. The Hall–Kier alpha value is -1.43. The minimum absolute atomic E-state index is 0.0514. The van der Waals surface area contributed by atoms with E-state index >= 15 is 0 Å². The van der Waals surface area contributed by atoms with E-state index in [1.807, 2.05) is 6.92 Å². The van der Waals surface area contributed by atoms with Gasteiger partial charge in [0.15, 0.2) is 0 Å². The van der Waals surface area contributed by atoms with Gasteiger partial charge < -0.3 is 10.6 Å². The largest absolute Gasteiger partial charge is 0.355 e. The van der Waals surface area contributed by atoms with Gasteiger partial charge in [-0.3, -0.25) is 9.59 Å². The fraction of sp³-hybridized carbons (Fsp3) is 0.615. The molecule has 0 radical (unpaired) electrons. The summed E-state index contributed by atoms with van der Waals surface area (Å²) in [7, 11) is 0. The highest BCUT2D eigenvalue weighted by Crippen LogP contribution is 2.28. The fourth-order valence-corrected chi connectivity index (χ4v) is 2.46. The summed E-state index contributed by atoms with van der Waals surface area (Å²) in [5.74, 6) is -0.228. The standard InChI is InChI=1S/C13H21N3O2S/c1-8-10(19-12(16-8)13(3,4)5)11(18)15-7-6-14-9(2)17/h6-7H2,1-5H3,(H,14,17)(H,15,18). The Morgan fingerprint density at radius 1 is 1.21 bits per heavy atom. The predicted molar refractivity (Wildman–Crippen MR) is 76.6 cm³/mol. The van der Waals surface area contributed by atoms with Crippen LogP contribution >= 0.6 is 11.3 Å². The molecule has 0 unspecified atom stereocenters. The third-order valence-electron chi connectivity index (χ3n) is 2.43. The number of hydrogen-bond acceptors (Lipinski definition) is 4. The van der Waals surface area contributed by atoms with E-state index in [0.717, 1.165) is 10.7 Å². The molecule has 0 atom stereocenters. The Morgan fingerprint density at radius 3 is 2.26 bits per heavy atom. The van der Waals surface area contributed by atoms with Crippen LogP contribution in [-0.4, -0.2) is 29.9 Å². The van der Waals surface area contributed by atoms with E-state index in [1.165, 1.54) is 18.3 Å². The van der Waals surface area contributed by atoms with Gasteiger partial charge in [-0.05, 0) is 6.92 Å². The Labute approximate surface area is 117 Å². The van der Waals surface area contributed by atoms with Crippen LogP contribution in [0.15, 0.2) is 0 Å². The predicted octanol–water partition coefficient (Wildman–Crippen LogP) is 1.61. The summed E-state index contributed by atoms with van der Waals surface area (Å²) >= 11 is 1.43. The summed E-state index contributed by atoms with van der Waals surface area (Å²) in [5.41, 5.74) is 0.705. The summed E-state index contributed by atoms with van der Waals surface area (Å²) in [6.07, 6.45) is 0. The molecule has 2 amide bonds. The SMILES string of the molecule is CC(=O)NCCNC(=O)c1sc(C(C)(C)C)nc1C. The first kappa shape index (κ1) is 15.6. The van der Waals surface area contributed by atoms with Crippen molar-refractivity contribution in [2.24, 2.45) is 0 Å². The Bertz CT molecular complexity index is 475. The van der Waals surface area contributed by atoms with Crippen LogP contribution in [0.25, 0.3) is 0 Å². The average Bonchev–Trinajstić information content (AvgIpc) is 2.66. The molecule has 0 aromatic carbocycles. The highest BCUT2D eigenvalue weighted by atomic mass is 32.1. The number of aromatic nitrogens is 1. The van der Waals surface area contributed by atoms with Gasteiger partial charge in [0.1, 0.15) is 4.88 Å². The minimum Gasteiger partial charge on any atom is -0.355 e. The average molecular weight is 283 g/mol. The summed E-state index contributed by atoms with van der Waals surface area (Å²) in [6.45, 7) is 10.4. The number of aryl methyl sites for hydroxylation is 1. The molecular formula is C13H21N3O2S. The van der Waals surface area contributed by atoms with Crippen molar-refractivity contribution in [3.05, 3.63) is 15.6 Å². The van der Waals surface area contributed by atoms with Crippen LogP contribution in [0, 0.1) is 6.92 Å². The van der Waals surface area contributed by atoms with Crippen LogP contribution in [0.1, 0.15) is 48.1 Å². The number of carbonyl (C=O) groups is 2. The lowest BCUT2D eigenvalue weighted by Gasteiger charge is -2.13. The van der Waals surface area contributed by atoms with Gasteiger partial charge in [0.05, 0.1) is 10.7 Å². The highest BCUT2D eigenvalue weighted by molar-refractivity contribution is 7.14. The zero-order valence-corrected chi connectivity index (χ0v) is 12.9. The molecule has 106 valence electrons. The van der Waals surface area contributed by atoms with Crippen LogP contribution < -0.4 is 10.6 Å². The molecule has 0 aliphatic rings. The second-order valence-electron chi connectivity index (χ2n) is 5.42. The van der Waals surface area contributed by atoms with E-state index in [4.69, 9.17) is 0 Å². The van der Waals surface area contributed by atoms with E-state index in [2.05, 4.69) is 36.4 Å². The molecule has 0 saturated carbocycles. The van der Waals surface area contributed by atoms with E-state index in [1.54, 1.807) is 0 Å². The summed E-state index contributed by atoms with van der Waals surface area (Å²) in [4.78, 5) is 27.8. The third-order valence-corrected chi connectivity index (χ3v) is 4.01. The molecule has 5 nitrogen and oxygen atoms in total. The van der Waals surface area contributed by atoms with Crippen LogP contribution in [0.4, 0.5) is 0 Å². The van der Waals surface area contributed by atoms with Crippen molar-refractivity contribution < 1.29 is 9.59 Å². The maximum atomic E-state index is 12.0. The van der Waals surface area contributed by atoms with Gasteiger partial charge in [0.25, 0.3) is 5.91 Å². The molecule has 0 bridgehead atoms. The molecule has 6 heteroatoms. The molecular weight excluding hydrogens is 262 g/mol. The maximum Gasteiger partial charge on any atom is 0.263 e. The van der Waals surface area contributed by atoms with Crippen molar-refractivity contribution in [3.63, 3.8) is 0 Å². The maximum absolute atomic E-state index is 12.0. The van der Waals surface area contributed by atoms with Crippen LogP contribution in [-0.2, 0) is 10.2 Å². The van der Waals surface area contributed by atoms with E-state index in [0.29, 0.717) is 18.0 Å². The number of thiazole rings is 1. The number of nitrogens with zero attached hydrogens (tertiary/aromatic N) is 1. The van der Waals surface area contributed by atoms with Crippen molar-refractivity contribution in [1.29, 1.82) is 0 Å². The molecule has 0 saturated heterocycles. The Kier molecular flexibility index (Phi) is 5.05. The quantitative estimate of drug-likeness (QED) is 0.825. The molecule has 0 fully saturated rings. The molecule has 1 heterocycles. The van der Waals surface area contributed by atoms with E-state index in [-0.39, 0.29) is 17.2 Å². The van der Waals surface area contributed by atoms with Crippen molar-refractivity contribution in [2.45, 2.75) is 40.0 Å². The molecule has 1 rings (SSSR count). The number of amides is 2. The first-order valence-corrected chi connectivity index (χ1v) is 7.04. The topological polar surface area (TPSA) is 71.1 Å². The van der Waals surface area contributed by atoms with Crippen molar-refractivity contribution in [3.8, 4) is 0 Å². The Morgan fingerprint density at radius 2 is 1.79 bits per heavy atom. The first-order chi connectivity index (χ1) is 8.71. The van der Waals surface area contributed by atoms with Gasteiger partial charge >= 0.3 is 0 Å². The van der Waals surface area contributed by atoms with Crippen molar-refractivity contribution >= 4 is 23.2 Å². The summed E-state index contributed by atoms with van der Waals surface area (Å²) in [6, 6.07) is 0.